The zero-order valence-corrected chi connectivity index (χ0v) is 20.6. The normalized spacial score (nSPS) is 14.1. The van der Waals surface area contributed by atoms with Gasteiger partial charge < -0.3 is 18.3 Å². The number of rotatable bonds is 7. The summed E-state index contributed by atoms with van der Waals surface area (Å²) in [5.74, 6) is 1.76. The molecule has 0 amide bonds. The first-order chi connectivity index (χ1) is 19.6. The molecule has 5 aromatic rings. The van der Waals surface area contributed by atoms with Crippen molar-refractivity contribution in [3.8, 4) is 22.6 Å². The number of ether oxygens (including phenoxy) is 2. The zero-order valence-electron chi connectivity index (χ0n) is 20.6. The number of hydrogen-bond donors (Lipinski definition) is 1. The maximum Gasteiger partial charge on any atom is 0.338 e. The van der Waals surface area contributed by atoms with Crippen molar-refractivity contribution in [2.24, 2.45) is 10.2 Å². The van der Waals surface area contributed by atoms with Gasteiger partial charge in [0.15, 0.2) is 0 Å². The molecule has 3 aromatic heterocycles. The Hall–Kier alpha value is -5.78. The second kappa shape index (κ2) is 9.51. The molecule has 12 heteroatoms. The lowest BCUT2D eigenvalue weighted by atomic mass is 10.0. The molecule has 12 nitrogen and oxygen atoms in total. The highest BCUT2D eigenvalue weighted by molar-refractivity contribution is 5.95. The van der Waals surface area contributed by atoms with Crippen molar-refractivity contribution >= 4 is 30.3 Å². The molecule has 0 bridgehead atoms. The molecule has 2 aliphatic rings. The Kier molecular flexibility index (Phi) is 5.55. The predicted molar refractivity (Wildman–Crippen MR) is 141 cm³/mol. The summed E-state index contributed by atoms with van der Waals surface area (Å²) in [6.45, 7) is 0.586. The van der Waals surface area contributed by atoms with Crippen molar-refractivity contribution in [3.05, 3.63) is 101 Å². The summed E-state index contributed by atoms with van der Waals surface area (Å²) in [7, 11) is 0. The molecule has 2 aromatic carbocycles. The summed E-state index contributed by atoms with van der Waals surface area (Å²) >= 11 is 0. The quantitative estimate of drug-likeness (QED) is 0.181. The molecule has 0 saturated carbocycles. The van der Waals surface area contributed by atoms with Gasteiger partial charge in [-0.05, 0) is 36.4 Å². The minimum atomic E-state index is -0.333. The van der Waals surface area contributed by atoms with E-state index < -0.39 is 0 Å². The number of furan rings is 2. The largest absolute Gasteiger partial charge is 0.457 e. The van der Waals surface area contributed by atoms with Crippen LogP contribution in [-0.2, 0) is 22.7 Å². The fourth-order valence-corrected chi connectivity index (χ4v) is 4.35. The molecule has 0 unspecified atom stereocenters. The second-order valence-electron chi connectivity index (χ2n) is 8.91. The van der Waals surface area contributed by atoms with Crippen molar-refractivity contribution in [2.75, 3.05) is 5.43 Å². The van der Waals surface area contributed by atoms with Crippen LogP contribution in [0.3, 0.4) is 0 Å². The Morgan fingerprint density at radius 3 is 2.00 bits per heavy atom. The van der Waals surface area contributed by atoms with Crippen LogP contribution in [0.4, 0.5) is 5.95 Å². The molecule has 0 radical (unpaired) electrons. The minimum absolute atomic E-state index is 0.264. The van der Waals surface area contributed by atoms with Crippen molar-refractivity contribution in [1.29, 1.82) is 0 Å². The van der Waals surface area contributed by atoms with Crippen molar-refractivity contribution in [2.45, 2.75) is 13.2 Å². The van der Waals surface area contributed by atoms with E-state index in [4.69, 9.17) is 18.3 Å². The van der Waals surface area contributed by atoms with Gasteiger partial charge in [-0.15, -0.1) is 10.2 Å². The third kappa shape index (κ3) is 4.32. The van der Waals surface area contributed by atoms with Gasteiger partial charge in [0.1, 0.15) is 42.6 Å². The summed E-state index contributed by atoms with van der Waals surface area (Å²) in [4.78, 5) is 23.7. The molecular weight excluding hydrogens is 516 g/mol. The predicted octanol–water partition coefficient (Wildman–Crippen LogP) is 4.47. The van der Waals surface area contributed by atoms with Gasteiger partial charge in [-0.1, -0.05) is 24.3 Å². The van der Waals surface area contributed by atoms with Crippen LogP contribution in [0.1, 0.15) is 43.4 Å². The number of aromatic nitrogens is 3. The summed E-state index contributed by atoms with van der Waals surface area (Å²) in [5, 5.41) is 16.3. The van der Waals surface area contributed by atoms with E-state index in [1.807, 2.05) is 24.3 Å². The van der Waals surface area contributed by atoms with E-state index in [-0.39, 0.29) is 17.9 Å². The molecule has 0 atom stereocenters. The molecule has 0 aliphatic carbocycles. The number of fused-ring (bicyclic) bond motifs is 2. The minimum Gasteiger partial charge on any atom is -0.457 e. The number of nitrogens with one attached hydrogen (secondary N) is 1. The number of anilines is 1. The van der Waals surface area contributed by atoms with E-state index in [0.29, 0.717) is 47.4 Å². The number of carbonyl (C=O) groups is 2. The monoisotopic (exact) mass is 534 g/mol. The Labute approximate surface area is 225 Å². The Morgan fingerprint density at radius 1 is 0.775 bits per heavy atom. The molecular formula is C28H18N6O6. The number of nitrogens with zero attached hydrogens (tertiary/aromatic N) is 5. The Balaban J connectivity index is 1.01. The topological polar surface area (TPSA) is 146 Å². The maximum absolute atomic E-state index is 11.9. The molecule has 40 heavy (non-hydrogen) atoms. The van der Waals surface area contributed by atoms with E-state index in [1.54, 1.807) is 36.4 Å². The van der Waals surface area contributed by atoms with Gasteiger partial charge in [0.2, 0.25) is 0 Å². The maximum atomic E-state index is 11.9. The van der Waals surface area contributed by atoms with Gasteiger partial charge in [-0.2, -0.15) is 14.9 Å². The van der Waals surface area contributed by atoms with Gasteiger partial charge in [0.25, 0.3) is 5.95 Å². The third-order valence-electron chi connectivity index (χ3n) is 6.40. The third-order valence-corrected chi connectivity index (χ3v) is 6.40. The van der Waals surface area contributed by atoms with Gasteiger partial charge in [-0.3, -0.25) is 0 Å². The zero-order chi connectivity index (χ0) is 27.1. The molecule has 7 rings (SSSR count). The van der Waals surface area contributed by atoms with Crippen LogP contribution in [0.15, 0.2) is 86.0 Å². The van der Waals surface area contributed by atoms with Crippen LogP contribution in [-0.4, -0.2) is 39.2 Å². The van der Waals surface area contributed by atoms with E-state index in [9.17, 15) is 9.59 Å². The smallest absolute Gasteiger partial charge is 0.338 e. The SMILES string of the molecule is O=C1OCc2ccc(-c3ccc(C=NNc4nncn4/N=C/c4ccc(-c5ccc6c(c5)C(=O)OC6)o4)o3)cc21. The van der Waals surface area contributed by atoms with Crippen molar-refractivity contribution in [3.63, 3.8) is 0 Å². The van der Waals surface area contributed by atoms with Crippen molar-refractivity contribution < 1.29 is 27.9 Å². The van der Waals surface area contributed by atoms with Crippen LogP contribution in [0.2, 0.25) is 0 Å². The van der Waals surface area contributed by atoms with Gasteiger partial charge in [-0.25, -0.2) is 15.0 Å². The van der Waals surface area contributed by atoms with Crippen LogP contribution in [0.25, 0.3) is 22.6 Å². The molecule has 2 aliphatic heterocycles. The number of benzene rings is 2. The average Bonchev–Trinajstić information content (AvgIpc) is 3.81. The fraction of sp³-hybridized carbons (Fsp3) is 0.0714. The Bertz CT molecular complexity index is 1850. The van der Waals surface area contributed by atoms with Gasteiger partial charge in [0.05, 0.1) is 23.6 Å². The molecule has 1 N–H and O–H groups in total. The highest BCUT2D eigenvalue weighted by atomic mass is 16.5. The highest BCUT2D eigenvalue weighted by Gasteiger charge is 2.23. The molecule has 0 saturated heterocycles. The summed E-state index contributed by atoms with van der Waals surface area (Å²) in [6.07, 6.45) is 4.40. The number of hydrogen-bond acceptors (Lipinski definition) is 11. The number of hydrazone groups is 1. The summed E-state index contributed by atoms with van der Waals surface area (Å²) in [6, 6.07) is 18.1. The first-order valence-corrected chi connectivity index (χ1v) is 12.1. The molecule has 5 heterocycles. The van der Waals surface area contributed by atoms with Crippen LogP contribution >= 0.6 is 0 Å². The van der Waals surface area contributed by atoms with Crippen LogP contribution in [0, 0.1) is 0 Å². The Morgan fingerprint density at radius 2 is 1.38 bits per heavy atom. The lowest BCUT2D eigenvalue weighted by Gasteiger charge is -2.00. The lowest BCUT2D eigenvalue weighted by Crippen LogP contribution is -1.98. The summed E-state index contributed by atoms with van der Waals surface area (Å²) in [5.41, 5.74) is 7.11. The van der Waals surface area contributed by atoms with Crippen LogP contribution in [0.5, 0.6) is 0 Å². The van der Waals surface area contributed by atoms with E-state index in [2.05, 4.69) is 25.8 Å². The highest BCUT2D eigenvalue weighted by Crippen LogP contribution is 2.29. The molecule has 0 spiro atoms. The lowest BCUT2D eigenvalue weighted by molar-refractivity contribution is 0.0526. The second-order valence-corrected chi connectivity index (χ2v) is 8.91. The standard InChI is InChI=1S/C28H18N6O6/c35-26-22-9-16(1-3-18(22)13-37-26)24-7-5-20(39-24)11-29-32-28-33-30-15-34(28)31-12-21-6-8-25(40-21)17-2-4-19-14-38-27(36)23(19)10-17/h1-12,15H,13-14H2,(H,32,33)/b29-11?,31-12+. The van der Waals surface area contributed by atoms with Crippen LogP contribution < -0.4 is 5.43 Å². The van der Waals surface area contributed by atoms with E-state index in [1.165, 1.54) is 23.4 Å². The van der Waals surface area contributed by atoms with E-state index in [0.717, 1.165) is 22.3 Å². The summed E-state index contributed by atoms with van der Waals surface area (Å²) < 4.78 is 23.2. The number of carbonyl (C=O) groups excluding carboxylic acids is 2. The van der Waals surface area contributed by atoms with Crippen molar-refractivity contribution in [1.82, 2.24) is 14.9 Å². The first-order valence-electron chi connectivity index (χ1n) is 12.1. The first kappa shape index (κ1) is 23.3. The molecule has 0 fully saturated rings. The number of esters is 2. The van der Waals surface area contributed by atoms with Gasteiger partial charge >= 0.3 is 11.9 Å². The average molecular weight is 534 g/mol. The number of cyclic esters (lactones) is 2. The van der Waals surface area contributed by atoms with Gasteiger partial charge in [0, 0.05) is 22.3 Å². The fourth-order valence-electron chi connectivity index (χ4n) is 4.35. The molecule has 196 valence electrons. The van der Waals surface area contributed by atoms with E-state index >= 15 is 0 Å².